The molecule has 15 heteroatoms. The Kier molecular flexibility index (Phi) is 17.4. The molecule has 0 saturated heterocycles. The van der Waals surface area contributed by atoms with Gasteiger partial charge >= 0.3 is 11.9 Å². The summed E-state index contributed by atoms with van der Waals surface area (Å²) < 4.78 is 63.5. The predicted molar refractivity (Wildman–Crippen MR) is 257 cm³/mol. The molecule has 15 nitrogen and oxygen atoms in total. The second kappa shape index (κ2) is 23.1. The average Bonchev–Trinajstić information content (AvgIpc) is 3.36. The van der Waals surface area contributed by atoms with Crippen LogP contribution in [-0.4, -0.2) is 138 Å². The van der Waals surface area contributed by atoms with Gasteiger partial charge in [0.25, 0.3) is 0 Å². The van der Waals surface area contributed by atoms with Gasteiger partial charge in [0, 0.05) is 61.8 Å². The number of hydrogen-bond donors (Lipinski definition) is 0. The number of likely N-dealkylation sites (N-methyl/N-ethyl adjacent to an activating group) is 2. The fourth-order valence-corrected chi connectivity index (χ4v) is 9.99. The van der Waals surface area contributed by atoms with Crippen molar-refractivity contribution in [2.45, 2.75) is 50.6 Å². The van der Waals surface area contributed by atoms with Crippen LogP contribution in [0.15, 0.2) is 66.7 Å². The third-order valence-electron chi connectivity index (χ3n) is 13.8. The summed E-state index contributed by atoms with van der Waals surface area (Å²) in [5.74, 6) is 4.60. The molecule has 0 fully saturated rings. The molecule has 4 atom stereocenters. The number of methoxy groups -OCH3 is 9. The number of carbonyl (C=O) groups is 2. The van der Waals surface area contributed by atoms with Crippen LogP contribution in [-0.2, 0) is 44.7 Å². The Morgan fingerprint density at radius 1 is 0.485 bits per heavy atom. The molecule has 6 rings (SSSR count). The fourth-order valence-electron chi connectivity index (χ4n) is 9.99. The number of carbonyl (C=O) groups excluding carboxylic acids is 2. The molecule has 0 aliphatic carbocycles. The van der Waals surface area contributed by atoms with E-state index in [1.807, 2.05) is 24.3 Å². The minimum absolute atomic E-state index is 0.0122. The number of quaternary nitrogens is 2. The van der Waals surface area contributed by atoms with Gasteiger partial charge in [0.05, 0.1) is 117 Å². The zero-order valence-electron chi connectivity index (χ0n) is 41.7. The van der Waals surface area contributed by atoms with Crippen molar-refractivity contribution >= 4 is 11.9 Å². The monoisotopic (exact) mass is 942 g/mol. The average molecular weight is 943 g/mol. The van der Waals surface area contributed by atoms with Gasteiger partial charge in [-0.05, 0) is 70.8 Å². The molecule has 0 spiro atoms. The van der Waals surface area contributed by atoms with Crippen LogP contribution in [0.1, 0.15) is 58.3 Å². The predicted octanol–water partition coefficient (Wildman–Crippen LogP) is 7.46. The lowest BCUT2D eigenvalue weighted by molar-refractivity contribution is -0.941. The van der Waals surface area contributed by atoms with Crippen molar-refractivity contribution < 1.29 is 70.7 Å². The van der Waals surface area contributed by atoms with Crippen LogP contribution in [0.5, 0.6) is 51.7 Å². The zero-order chi connectivity index (χ0) is 49.0. The Hall–Kier alpha value is -6.32. The Labute approximate surface area is 401 Å². The summed E-state index contributed by atoms with van der Waals surface area (Å²) >= 11 is 0. The van der Waals surface area contributed by atoms with Crippen LogP contribution in [0.25, 0.3) is 0 Å². The molecule has 0 unspecified atom stereocenters. The Bertz CT molecular complexity index is 2390. The molecule has 0 bridgehead atoms. The smallest absolute Gasteiger partial charge is 0.331 e. The minimum atomic E-state index is -0.602. The summed E-state index contributed by atoms with van der Waals surface area (Å²) in [5, 5.41) is 0. The first kappa shape index (κ1) is 51.1. The summed E-state index contributed by atoms with van der Waals surface area (Å²) in [6.45, 7) is 3.59. The van der Waals surface area contributed by atoms with Gasteiger partial charge in [0.2, 0.25) is 5.75 Å². The highest BCUT2D eigenvalue weighted by Gasteiger charge is 2.41. The molecule has 0 amide bonds. The van der Waals surface area contributed by atoms with Gasteiger partial charge in [0.1, 0.15) is 12.1 Å². The molecule has 2 aliphatic heterocycles. The molecule has 368 valence electrons. The maximum Gasteiger partial charge on any atom is 0.331 e. The summed E-state index contributed by atoms with van der Waals surface area (Å²) in [6, 6.07) is 18.4. The summed E-state index contributed by atoms with van der Waals surface area (Å²) in [6.07, 6.45) is 6.58. The number of benzene rings is 4. The number of hydrogen-bond acceptors (Lipinski definition) is 13. The lowest BCUT2D eigenvalue weighted by Crippen LogP contribution is -2.52. The maximum absolute atomic E-state index is 12.9. The summed E-state index contributed by atoms with van der Waals surface area (Å²) in [4.78, 5) is 25.7. The van der Waals surface area contributed by atoms with Gasteiger partial charge in [-0.1, -0.05) is 6.07 Å². The van der Waals surface area contributed by atoms with E-state index < -0.39 is 11.9 Å². The van der Waals surface area contributed by atoms with Gasteiger partial charge in [-0.15, -0.1) is 0 Å². The molecule has 4 aromatic rings. The molecular weight excluding hydrogens is 873 g/mol. The van der Waals surface area contributed by atoms with E-state index in [0.717, 1.165) is 78.8 Å². The molecular formula is C53H70N2O13+2. The van der Waals surface area contributed by atoms with Crippen LogP contribution >= 0.6 is 0 Å². The number of ether oxygens (including phenoxy) is 11. The molecule has 2 heterocycles. The normalized spacial score (nSPS) is 19.5. The molecule has 0 radical (unpaired) electrons. The van der Waals surface area contributed by atoms with E-state index in [-0.39, 0.29) is 25.3 Å². The Balaban J connectivity index is 1.05. The SMILES string of the molecule is COc1ccc(C[C@@H]2c3cc(OC)c(OC)cc3CC[N@@+]2(C)CCCOC(=O)/C=C/C(=O)OCCC[N@+]2(C)CCc3cc(OC)c(OC)cc3[C@H]2Cc2cc(OC)c(OC)c(OC)c2)cc1OC. The van der Waals surface area contributed by atoms with Crippen LogP contribution in [0, 0.1) is 0 Å². The van der Waals surface area contributed by atoms with E-state index in [4.69, 9.17) is 52.1 Å². The number of nitrogens with zero attached hydrogens (tertiary/aromatic N) is 2. The summed E-state index contributed by atoms with van der Waals surface area (Å²) in [5.41, 5.74) is 6.90. The maximum atomic E-state index is 12.9. The van der Waals surface area contributed by atoms with Gasteiger partial charge in [-0.3, -0.25) is 0 Å². The molecule has 0 aromatic heterocycles. The van der Waals surface area contributed by atoms with E-state index in [2.05, 4.69) is 44.4 Å². The van der Waals surface area contributed by atoms with Gasteiger partial charge in [-0.25, -0.2) is 9.59 Å². The van der Waals surface area contributed by atoms with Crippen molar-refractivity contribution in [2.75, 3.05) is 117 Å². The summed E-state index contributed by atoms with van der Waals surface area (Å²) in [7, 11) is 19.2. The standard InChI is InChI=1S/C53H70N2O13/c1-54(22-18-37-31-45(60-5)47(62-7)33-39(37)41(54)26-35-14-15-43(58-3)44(28-35)59-4)20-12-24-67-51(56)16-17-52(57)68-25-13-21-55(2)23-19-38-32-46(61-6)48(63-8)34-40(38)42(55)27-36-29-49(64-9)53(66-11)50(30-36)65-10/h14-17,28-34,41-42H,12-13,18-27H2,1-11H3/q+2/b17-16+/t41-,42-,54-,55-/m1/s1. The lowest BCUT2D eigenvalue weighted by Gasteiger charge is -2.46. The second-order valence-corrected chi connectivity index (χ2v) is 17.7. The number of fused-ring (bicyclic) bond motifs is 2. The topological polar surface area (TPSA) is 136 Å². The van der Waals surface area contributed by atoms with Crippen LogP contribution in [0.4, 0.5) is 0 Å². The first-order valence-corrected chi connectivity index (χ1v) is 23.0. The lowest BCUT2D eigenvalue weighted by atomic mass is 9.86. The van der Waals surface area contributed by atoms with Crippen molar-refractivity contribution in [1.29, 1.82) is 0 Å². The highest BCUT2D eigenvalue weighted by Crippen LogP contribution is 2.46. The van der Waals surface area contributed by atoms with Crippen molar-refractivity contribution in [3.63, 3.8) is 0 Å². The second-order valence-electron chi connectivity index (χ2n) is 17.7. The molecule has 2 aliphatic rings. The van der Waals surface area contributed by atoms with Gasteiger partial charge in [0.15, 0.2) is 46.0 Å². The molecule has 0 saturated carbocycles. The number of esters is 2. The first-order chi connectivity index (χ1) is 32.8. The Morgan fingerprint density at radius 3 is 1.28 bits per heavy atom. The number of rotatable bonds is 23. The van der Waals surface area contributed by atoms with E-state index >= 15 is 0 Å². The van der Waals surface area contributed by atoms with Crippen molar-refractivity contribution in [3.05, 3.63) is 100 Å². The first-order valence-electron chi connectivity index (χ1n) is 23.0. The van der Waals surface area contributed by atoms with Gasteiger partial charge < -0.3 is 61.1 Å². The molecule has 68 heavy (non-hydrogen) atoms. The van der Waals surface area contributed by atoms with Crippen LogP contribution < -0.4 is 42.6 Å². The molecule has 4 aromatic carbocycles. The van der Waals surface area contributed by atoms with E-state index in [1.165, 1.54) is 16.7 Å². The highest BCUT2D eigenvalue weighted by atomic mass is 16.5. The highest BCUT2D eigenvalue weighted by molar-refractivity contribution is 5.91. The van der Waals surface area contributed by atoms with E-state index in [9.17, 15) is 9.59 Å². The van der Waals surface area contributed by atoms with Crippen LogP contribution in [0.3, 0.4) is 0 Å². The Morgan fingerprint density at radius 2 is 0.868 bits per heavy atom. The van der Waals surface area contributed by atoms with Crippen molar-refractivity contribution in [2.24, 2.45) is 0 Å². The van der Waals surface area contributed by atoms with Crippen molar-refractivity contribution in [1.82, 2.24) is 0 Å². The third-order valence-corrected chi connectivity index (χ3v) is 13.8. The molecule has 0 N–H and O–H groups in total. The van der Waals surface area contributed by atoms with Crippen LogP contribution in [0.2, 0.25) is 0 Å². The fraction of sp³-hybridized carbons (Fsp3) is 0.472. The van der Waals surface area contributed by atoms with Gasteiger partial charge in [-0.2, -0.15) is 0 Å². The quantitative estimate of drug-likeness (QED) is 0.0316. The van der Waals surface area contributed by atoms with Crippen molar-refractivity contribution in [3.8, 4) is 51.7 Å². The minimum Gasteiger partial charge on any atom is -0.493 e. The van der Waals surface area contributed by atoms with E-state index in [0.29, 0.717) is 75.5 Å². The third kappa shape index (κ3) is 11.5. The van der Waals surface area contributed by atoms with E-state index in [1.54, 1.807) is 64.0 Å². The zero-order valence-corrected chi connectivity index (χ0v) is 41.7. The largest absolute Gasteiger partial charge is 0.493 e.